The summed E-state index contributed by atoms with van der Waals surface area (Å²) in [5, 5.41) is 2.55. The summed E-state index contributed by atoms with van der Waals surface area (Å²) in [5.74, 6) is 5.77. The SMILES string of the molecule is Clc1cc(Cl)c(C(I)C#COC#CC(I)c2cc(Cl)c(Cl)cc2Cl)cc1Cl. The summed E-state index contributed by atoms with van der Waals surface area (Å²) >= 11 is 40.4. The van der Waals surface area contributed by atoms with E-state index in [9.17, 15) is 0 Å². The first-order valence-corrected chi connectivity index (χ1v) is 11.7. The van der Waals surface area contributed by atoms with E-state index in [1.807, 2.05) is 0 Å². The van der Waals surface area contributed by atoms with Crippen LogP contribution in [-0.4, -0.2) is 0 Å². The Morgan fingerprint density at radius 3 is 1.30 bits per heavy atom. The lowest BCUT2D eigenvalue weighted by Gasteiger charge is -2.07. The molecule has 0 saturated carbocycles. The average molecular weight is 705 g/mol. The third-order valence-corrected chi connectivity index (χ3v) is 7.16. The molecule has 2 aromatic carbocycles. The summed E-state index contributed by atoms with van der Waals surface area (Å²) in [4.78, 5) is 0. The summed E-state index contributed by atoms with van der Waals surface area (Å²) in [6.07, 6.45) is 5.08. The second-order valence-corrected chi connectivity index (χ2v) is 9.83. The molecule has 2 aromatic rings. The van der Waals surface area contributed by atoms with Crippen molar-refractivity contribution in [3.05, 3.63) is 65.5 Å². The molecule has 0 heterocycles. The maximum absolute atomic E-state index is 6.17. The zero-order valence-corrected chi connectivity index (χ0v) is 21.7. The lowest BCUT2D eigenvalue weighted by molar-refractivity contribution is 0.478. The van der Waals surface area contributed by atoms with Crippen molar-refractivity contribution < 1.29 is 4.74 Å². The lowest BCUT2D eigenvalue weighted by atomic mass is 10.1. The van der Waals surface area contributed by atoms with Crippen molar-refractivity contribution in [2.45, 2.75) is 7.85 Å². The van der Waals surface area contributed by atoms with Gasteiger partial charge in [0.15, 0.2) is 0 Å². The highest BCUT2D eigenvalue weighted by molar-refractivity contribution is 14.1. The molecule has 0 spiro atoms. The Kier molecular flexibility index (Phi) is 9.79. The smallest absolute Gasteiger partial charge is 0.131 e. The van der Waals surface area contributed by atoms with Gasteiger partial charge in [-0.1, -0.05) is 115 Å². The van der Waals surface area contributed by atoms with Crippen LogP contribution in [0.4, 0.5) is 0 Å². The highest BCUT2D eigenvalue weighted by Crippen LogP contribution is 2.36. The van der Waals surface area contributed by atoms with Gasteiger partial charge in [-0.15, -0.1) is 0 Å². The van der Waals surface area contributed by atoms with Crippen molar-refractivity contribution in [1.82, 2.24) is 0 Å². The molecule has 0 aliphatic carbocycles. The largest absolute Gasteiger partial charge is 0.357 e. The predicted octanol–water partition coefficient (Wildman–Crippen LogP) is 9.20. The quantitative estimate of drug-likeness (QED) is 0.131. The van der Waals surface area contributed by atoms with Gasteiger partial charge in [0.25, 0.3) is 0 Å². The van der Waals surface area contributed by atoms with Crippen molar-refractivity contribution in [3.8, 4) is 24.1 Å². The van der Waals surface area contributed by atoms with Crippen molar-refractivity contribution >= 4 is 115 Å². The van der Waals surface area contributed by atoms with E-state index in [0.717, 1.165) is 11.1 Å². The van der Waals surface area contributed by atoms with Gasteiger partial charge in [-0.3, -0.25) is 0 Å². The van der Waals surface area contributed by atoms with Gasteiger partial charge in [0.05, 0.1) is 20.1 Å². The van der Waals surface area contributed by atoms with Gasteiger partial charge in [0.2, 0.25) is 0 Å². The van der Waals surface area contributed by atoms with Gasteiger partial charge in [0, 0.05) is 10.0 Å². The fourth-order valence-corrected chi connectivity index (χ4v) is 4.79. The van der Waals surface area contributed by atoms with Crippen LogP contribution < -0.4 is 0 Å². The molecule has 9 heteroatoms. The number of hydrogen-bond acceptors (Lipinski definition) is 1. The molecule has 2 atom stereocenters. The van der Waals surface area contributed by atoms with Crippen LogP contribution in [0.2, 0.25) is 30.1 Å². The molecule has 2 unspecified atom stereocenters. The van der Waals surface area contributed by atoms with Gasteiger partial charge in [0.1, 0.15) is 20.1 Å². The van der Waals surface area contributed by atoms with E-state index in [2.05, 4.69) is 69.2 Å². The number of rotatable bonds is 2. The molecule has 0 aromatic heterocycles. The Morgan fingerprint density at radius 2 is 0.926 bits per heavy atom. The first kappa shape index (κ1) is 23.8. The van der Waals surface area contributed by atoms with Crippen LogP contribution in [0.25, 0.3) is 0 Å². The Bertz CT molecular complexity index is 908. The number of ether oxygens (including phenoxy) is 1. The zero-order valence-electron chi connectivity index (χ0n) is 12.9. The topological polar surface area (TPSA) is 9.23 Å². The maximum Gasteiger partial charge on any atom is 0.131 e. The van der Waals surface area contributed by atoms with Gasteiger partial charge >= 0.3 is 0 Å². The third kappa shape index (κ3) is 6.79. The van der Waals surface area contributed by atoms with E-state index in [1.165, 1.54) is 0 Å². The van der Waals surface area contributed by atoms with E-state index >= 15 is 0 Å². The Balaban J connectivity index is 2.06. The molecule has 0 N–H and O–H groups in total. The van der Waals surface area contributed by atoms with Crippen LogP contribution in [0.15, 0.2) is 24.3 Å². The van der Waals surface area contributed by atoms with Crippen LogP contribution in [0.5, 0.6) is 0 Å². The van der Waals surface area contributed by atoms with Crippen LogP contribution in [0.3, 0.4) is 0 Å². The number of hydrogen-bond donors (Lipinski definition) is 0. The van der Waals surface area contributed by atoms with Crippen molar-refractivity contribution in [3.63, 3.8) is 0 Å². The zero-order chi connectivity index (χ0) is 20.1. The summed E-state index contributed by atoms with van der Waals surface area (Å²) in [7, 11) is 0. The molecule has 0 bridgehead atoms. The molecule has 2 rings (SSSR count). The Morgan fingerprint density at radius 1 is 0.593 bits per heavy atom. The van der Waals surface area contributed by atoms with Crippen LogP contribution in [-0.2, 0) is 4.74 Å². The summed E-state index contributed by atoms with van der Waals surface area (Å²) < 4.78 is 4.58. The second kappa shape index (κ2) is 11.1. The highest BCUT2D eigenvalue weighted by Gasteiger charge is 2.13. The number of benzene rings is 2. The minimum atomic E-state index is -0.244. The molecule has 1 nitrogen and oxygen atoms in total. The molecule has 0 aliphatic heterocycles. The van der Waals surface area contributed by atoms with Crippen LogP contribution in [0, 0.1) is 24.1 Å². The average Bonchev–Trinajstić information content (AvgIpc) is 2.60. The van der Waals surface area contributed by atoms with Crippen LogP contribution >= 0.6 is 115 Å². The molecule has 0 amide bonds. The fraction of sp³-hybridized carbons (Fsp3) is 0.111. The van der Waals surface area contributed by atoms with E-state index < -0.39 is 0 Å². The molecule has 140 valence electrons. The summed E-state index contributed by atoms with van der Waals surface area (Å²) in [6.45, 7) is 0. The van der Waals surface area contributed by atoms with Gasteiger partial charge in [-0.05, 0) is 47.2 Å². The van der Waals surface area contributed by atoms with Crippen molar-refractivity contribution in [2.24, 2.45) is 0 Å². The summed E-state index contributed by atoms with van der Waals surface area (Å²) in [6, 6.07) is 6.51. The first-order valence-electron chi connectivity index (χ1n) is 6.94. The first-order chi connectivity index (χ1) is 12.7. The maximum atomic E-state index is 6.17. The van der Waals surface area contributed by atoms with Gasteiger partial charge < -0.3 is 4.74 Å². The van der Waals surface area contributed by atoms with Crippen LogP contribution in [0.1, 0.15) is 19.0 Å². The van der Waals surface area contributed by atoms with E-state index in [-0.39, 0.29) is 7.85 Å². The standard InChI is InChI=1S/C18H6Cl6I2O/c19-11-7-15(23)13(21)5-9(11)17(25)1-3-27-4-2-18(26)10-6-14(22)16(24)8-12(10)20/h5-8,17-18H. The van der Waals surface area contributed by atoms with Crippen molar-refractivity contribution in [2.75, 3.05) is 0 Å². The predicted molar refractivity (Wildman–Crippen MR) is 133 cm³/mol. The van der Waals surface area contributed by atoms with Gasteiger partial charge in [-0.25, -0.2) is 0 Å². The van der Waals surface area contributed by atoms with E-state index in [4.69, 9.17) is 74.3 Å². The number of alkyl halides is 2. The van der Waals surface area contributed by atoms with E-state index in [1.54, 1.807) is 24.3 Å². The molecule has 0 radical (unpaired) electrons. The molecule has 0 aliphatic rings. The molecule has 0 saturated heterocycles. The second-order valence-electron chi connectivity index (χ2n) is 4.90. The normalized spacial score (nSPS) is 12.3. The molecular weight excluding hydrogens is 699 g/mol. The number of halogens is 8. The van der Waals surface area contributed by atoms with E-state index in [0.29, 0.717) is 30.1 Å². The molecular formula is C18H6Cl6I2O. The molecule has 27 heavy (non-hydrogen) atoms. The minimum Gasteiger partial charge on any atom is -0.357 e. The monoisotopic (exact) mass is 702 g/mol. The Labute approximate surface area is 214 Å². The molecule has 0 fully saturated rings. The Hall–Kier alpha value is 0.560. The van der Waals surface area contributed by atoms with Crippen molar-refractivity contribution in [1.29, 1.82) is 0 Å². The lowest BCUT2D eigenvalue weighted by Crippen LogP contribution is -1.90. The third-order valence-electron chi connectivity index (χ3n) is 3.10. The minimum absolute atomic E-state index is 0.244. The summed E-state index contributed by atoms with van der Waals surface area (Å²) in [5.41, 5.74) is 1.48. The fourth-order valence-electron chi connectivity index (χ4n) is 1.81. The van der Waals surface area contributed by atoms with Gasteiger partial charge in [-0.2, -0.15) is 0 Å². The highest BCUT2D eigenvalue weighted by atomic mass is 127.